The van der Waals surface area contributed by atoms with Crippen molar-refractivity contribution in [3.63, 3.8) is 0 Å². The molecular formula is C54H39N3O. The topological polar surface area (TPSA) is 42.2 Å². The number of rotatable bonds is 9. The number of para-hydroxylation sites is 1. The van der Waals surface area contributed by atoms with Gasteiger partial charge in [0.05, 0.1) is 0 Å². The van der Waals surface area contributed by atoms with Gasteiger partial charge in [-0.1, -0.05) is 164 Å². The zero-order valence-electron chi connectivity index (χ0n) is 31.9. The van der Waals surface area contributed by atoms with Gasteiger partial charge in [-0.15, -0.1) is 10.2 Å². The first-order chi connectivity index (χ1) is 28.8. The molecule has 0 fully saturated rings. The summed E-state index contributed by atoms with van der Waals surface area (Å²) >= 11 is 0. The van der Waals surface area contributed by atoms with E-state index < -0.39 is 0 Å². The highest BCUT2D eigenvalue weighted by Crippen LogP contribution is 2.41. The molecule has 276 valence electrons. The van der Waals surface area contributed by atoms with Crippen molar-refractivity contribution in [3.05, 3.63) is 218 Å². The molecule has 58 heavy (non-hydrogen) atoms. The predicted octanol–water partition coefficient (Wildman–Crippen LogP) is 14.8. The van der Waals surface area contributed by atoms with Gasteiger partial charge < -0.3 is 9.32 Å². The van der Waals surface area contributed by atoms with E-state index in [2.05, 4.69) is 227 Å². The van der Waals surface area contributed by atoms with E-state index in [4.69, 9.17) is 4.42 Å². The molecule has 0 N–H and O–H groups in total. The largest absolute Gasteiger partial charge is 0.416 e. The van der Waals surface area contributed by atoms with Gasteiger partial charge >= 0.3 is 0 Å². The average molecular weight is 746 g/mol. The van der Waals surface area contributed by atoms with E-state index in [9.17, 15) is 0 Å². The maximum atomic E-state index is 6.08. The molecule has 0 saturated heterocycles. The summed E-state index contributed by atoms with van der Waals surface area (Å²) in [5.74, 6) is 1.08. The third-order valence-corrected chi connectivity index (χ3v) is 10.9. The first kappa shape index (κ1) is 34.9. The first-order valence-corrected chi connectivity index (χ1v) is 19.8. The molecular weight excluding hydrogens is 707 g/mol. The molecule has 9 aromatic rings. The fourth-order valence-electron chi connectivity index (χ4n) is 8.04. The summed E-state index contributed by atoms with van der Waals surface area (Å²) < 4.78 is 6.08. The van der Waals surface area contributed by atoms with Gasteiger partial charge in [-0.05, 0) is 117 Å². The lowest BCUT2D eigenvalue weighted by Gasteiger charge is -2.26. The Hall–Kier alpha value is -7.56. The Morgan fingerprint density at radius 2 is 0.862 bits per heavy atom. The third-order valence-electron chi connectivity index (χ3n) is 10.9. The molecule has 0 radical (unpaired) electrons. The molecule has 0 unspecified atom stereocenters. The second-order valence-electron chi connectivity index (χ2n) is 14.5. The van der Waals surface area contributed by atoms with Crippen LogP contribution in [-0.4, -0.2) is 10.2 Å². The summed E-state index contributed by atoms with van der Waals surface area (Å²) in [6, 6.07) is 69.2. The standard InChI is InChI=1S/C54H39N3O/c1-3-15-42(16-4-1)53-55-56-54(58-53)43-28-26-39(27-29-43)49-21-9-11-23-51(49)52-24-12-10-22-50(52)41-32-36-46(37-33-41)57(44-18-5-2-6-19-44)45-34-30-40(31-35-45)48-25-13-17-38-14-7-8-20-47(38)48/h2-3,5-37H,1,4H2. The van der Waals surface area contributed by atoms with Gasteiger partial charge in [-0.2, -0.15) is 0 Å². The lowest BCUT2D eigenvalue weighted by molar-refractivity contribution is 0.554. The van der Waals surface area contributed by atoms with Crippen LogP contribution in [0.1, 0.15) is 18.7 Å². The lowest BCUT2D eigenvalue weighted by Crippen LogP contribution is -2.09. The molecule has 8 aromatic carbocycles. The van der Waals surface area contributed by atoms with E-state index in [0.717, 1.165) is 57.7 Å². The first-order valence-electron chi connectivity index (χ1n) is 19.8. The molecule has 1 aliphatic rings. The molecule has 0 amide bonds. The monoisotopic (exact) mass is 745 g/mol. The van der Waals surface area contributed by atoms with Crippen LogP contribution in [0.5, 0.6) is 0 Å². The van der Waals surface area contributed by atoms with Gasteiger partial charge in [0.1, 0.15) is 0 Å². The van der Waals surface area contributed by atoms with Gasteiger partial charge in [-0.25, -0.2) is 0 Å². The minimum Gasteiger partial charge on any atom is -0.416 e. The molecule has 0 bridgehead atoms. The van der Waals surface area contributed by atoms with E-state index >= 15 is 0 Å². The molecule has 1 heterocycles. The summed E-state index contributed by atoms with van der Waals surface area (Å²) in [6.07, 6.45) is 8.38. The fourth-order valence-corrected chi connectivity index (χ4v) is 8.04. The Morgan fingerprint density at radius 3 is 1.50 bits per heavy atom. The van der Waals surface area contributed by atoms with E-state index in [0.29, 0.717) is 11.8 Å². The smallest absolute Gasteiger partial charge is 0.248 e. The van der Waals surface area contributed by atoms with Crippen molar-refractivity contribution >= 4 is 33.4 Å². The van der Waals surface area contributed by atoms with E-state index in [-0.39, 0.29) is 0 Å². The van der Waals surface area contributed by atoms with Crippen LogP contribution in [0.15, 0.2) is 217 Å². The highest BCUT2D eigenvalue weighted by Gasteiger charge is 2.17. The number of anilines is 3. The SMILES string of the molecule is C1=CC(c2nnc(-c3ccc(-c4ccccc4-c4ccccc4-c4ccc(N(c5ccccc5)c5ccc(-c6cccc7ccccc67)cc5)cc4)cc3)o2)=CCC1. The molecule has 0 spiro atoms. The zero-order valence-corrected chi connectivity index (χ0v) is 31.9. The number of hydrogen-bond acceptors (Lipinski definition) is 4. The summed E-state index contributed by atoms with van der Waals surface area (Å²) in [5, 5.41) is 11.2. The minimum absolute atomic E-state index is 0.521. The van der Waals surface area contributed by atoms with Crippen molar-refractivity contribution in [2.24, 2.45) is 0 Å². The van der Waals surface area contributed by atoms with Crippen molar-refractivity contribution in [3.8, 4) is 56.0 Å². The summed E-state index contributed by atoms with van der Waals surface area (Å²) in [6.45, 7) is 0. The number of nitrogens with zero attached hydrogens (tertiary/aromatic N) is 3. The molecule has 0 atom stereocenters. The number of hydrogen-bond donors (Lipinski definition) is 0. The molecule has 0 saturated carbocycles. The summed E-state index contributed by atoms with van der Waals surface area (Å²) in [5.41, 5.74) is 14.6. The van der Waals surface area contributed by atoms with Gasteiger partial charge in [0.15, 0.2) is 0 Å². The molecule has 1 aliphatic carbocycles. The summed E-state index contributed by atoms with van der Waals surface area (Å²) in [7, 11) is 0. The van der Waals surface area contributed by atoms with E-state index in [1.54, 1.807) is 0 Å². The van der Waals surface area contributed by atoms with Crippen LogP contribution in [0.25, 0.3) is 72.3 Å². The summed E-state index contributed by atoms with van der Waals surface area (Å²) in [4.78, 5) is 2.32. The van der Waals surface area contributed by atoms with Crippen LogP contribution in [0.3, 0.4) is 0 Å². The number of allylic oxidation sites excluding steroid dienone is 4. The Bertz CT molecular complexity index is 2920. The Morgan fingerprint density at radius 1 is 0.379 bits per heavy atom. The maximum absolute atomic E-state index is 6.08. The van der Waals surface area contributed by atoms with Gasteiger partial charge in [0.25, 0.3) is 0 Å². The highest BCUT2D eigenvalue weighted by molar-refractivity contribution is 5.97. The van der Waals surface area contributed by atoms with Crippen LogP contribution < -0.4 is 4.90 Å². The van der Waals surface area contributed by atoms with Crippen LogP contribution in [0, 0.1) is 0 Å². The van der Waals surface area contributed by atoms with Gasteiger partial charge in [0, 0.05) is 28.2 Å². The van der Waals surface area contributed by atoms with E-state index in [1.165, 1.54) is 38.6 Å². The van der Waals surface area contributed by atoms with Crippen molar-refractivity contribution in [2.75, 3.05) is 4.90 Å². The van der Waals surface area contributed by atoms with Crippen LogP contribution in [0.2, 0.25) is 0 Å². The number of fused-ring (bicyclic) bond motifs is 1. The average Bonchev–Trinajstić information content (AvgIpc) is 3.81. The zero-order chi connectivity index (χ0) is 38.7. The predicted molar refractivity (Wildman–Crippen MR) is 240 cm³/mol. The second-order valence-corrected chi connectivity index (χ2v) is 14.5. The Balaban J connectivity index is 0.955. The normalized spacial score (nSPS) is 12.4. The molecule has 10 rings (SSSR count). The van der Waals surface area contributed by atoms with Crippen LogP contribution in [0.4, 0.5) is 17.1 Å². The third kappa shape index (κ3) is 6.82. The Kier molecular flexibility index (Phi) is 9.34. The number of aromatic nitrogens is 2. The van der Waals surface area contributed by atoms with Crippen LogP contribution in [-0.2, 0) is 0 Å². The Labute approximate surface area is 338 Å². The molecule has 4 nitrogen and oxygen atoms in total. The van der Waals surface area contributed by atoms with Crippen molar-refractivity contribution in [2.45, 2.75) is 12.8 Å². The minimum atomic E-state index is 0.521. The van der Waals surface area contributed by atoms with E-state index in [1.807, 2.05) is 0 Å². The van der Waals surface area contributed by atoms with Crippen molar-refractivity contribution in [1.29, 1.82) is 0 Å². The maximum Gasteiger partial charge on any atom is 0.248 e. The quantitative estimate of drug-likeness (QED) is 0.148. The van der Waals surface area contributed by atoms with Gasteiger partial charge in [-0.3, -0.25) is 0 Å². The van der Waals surface area contributed by atoms with Crippen molar-refractivity contribution in [1.82, 2.24) is 10.2 Å². The second kappa shape index (κ2) is 15.5. The van der Waals surface area contributed by atoms with Gasteiger partial charge in [0.2, 0.25) is 11.8 Å². The molecule has 4 heteroatoms. The van der Waals surface area contributed by atoms with Crippen LogP contribution >= 0.6 is 0 Å². The lowest BCUT2D eigenvalue weighted by atomic mass is 9.89. The molecule has 0 aliphatic heterocycles. The fraction of sp³-hybridized carbons (Fsp3) is 0.0370. The molecule has 1 aromatic heterocycles. The van der Waals surface area contributed by atoms with Crippen molar-refractivity contribution < 1.29 is 4.42 Å². The number of benzene rings is 8. The highest BCUT2D eigenvalue weighted by atomic mass is 16.4.